The van der Waals surface area contributed by atoms with Gasteiger partial charge in [-0.2, -0.15) is 0 Å². The number of carbonyl (C=O) groups is 1. The van der Waals surface area contributed by atoms with Crippen LogP contribution in [0.1, 0.15) is 30.9 Å². The number of aliphatic hydroxyl groups is 1. The van der Waals surface area contributed by atoms with Gasteiger partial charge in [-0.05, 0) is 35.2 Å². The summed E-state index contributed by atoms with van der Waals surface area (Å²) >= 11 is 3.49. The van der Waals surface area contributed by atoms with Gasteiger partial charge in [0.15, 0.2) is 0 Å². The van der Waals surface area contributed by atoms with Crippen molar-refractivity contribution in [3.8, 4) is 0 Å². The summed E-state index contributed by atoms with van der Waals surface area (Å²) < 4.78 is 0.990. The normalized spacial score (nSPS) is 12.5. The largest absolute Gasteiger partial charge is 0.481 e. The van der Waals surface area contributed by atoms with Gasteiger partial charge in [0.2, 0.25) is 0 Å². The molecule has 0 aliphatic heterocycles. The van der Waals surface area contributed by atoms with Crippen molar-refractivity contribution in [2.24, 2.45) is 0 Å². The van der Waals surface area contributed by atoms with Crippen LogP contribution in [0.15, 0.2) is 40.9 Å². The first kappa shape index (κ1) is 14.0. The lowest BCUT2D eigenvalue weighted by atomic mass is 9.97. The molecule has 0 saturated heterocycles. The maximum atomic E-state index is 10.5. The smallest absolute Gasteiger partial charge is 0.303 e. The maximum Gasteiger partial charge on any atom is 0.303 e. The van der Waals surface area contributed by atoms with Crippen LogP contribution in [0.5, 0.6) is 0 Å². The Morgan fingerprint density at radius 3 is 2.53 bits per heavy atom. The molecular weight excluding hydrogens is 308 g/mol. The molecule has 100 valence electrons. The summed E-state index contributed by atoms with van der Waals surface area (Å²) in [7, 11) is 0. The minimum absolute atomic E-state index is 0.0888. The van der Waals surface area contributed by atoms with E-state index < -0.39 is 12.1 Å². The molecule has 4 heteroatoms. The van der Waals surface area contributed by atoms with Crippen molar-refractivity contribution in [2.45, 2.75) is 25.4 Å². The van der Waals surface area contributed by atoms with Crippen LogP contribution in [-0.2, 0) is 4.79 Å². The predicted octanol–water partition coefficient (Wildman–Crippen LogP) is 3.89. The van der Waals surface area contributed by atoms with Crippen LogP contribution in [0.3, 0.4) is 0 Å². The highest BCUT2D eigenvalue weighted by Crippen LogP contribution is 2.31. The van der Waals surface area contributed by atoms with Gasteiger partial charge in [-0.15, -0.1) is 0 Å². The number of aliphatic hydroxyl groups excluding tert-OH is 1. The zero-order chi connectivity index (χ0) is 13.8. The van der Waals surface area contributed by atoms with E-state index in [1.165, 1.54) is 0 Å². The molecule has 0 bridgehead atoms. The van der Waals surface area contributed by atoms with Crippen LogP contribution in [0.25, 0.3) is 10.8 Å². The molecule has 0 aliphatic carbocycles. The molecule has 0 unspecified atom stereocenters. The molecule has 3 nitrogen and oxygen atoms in total. The first-order valence-electron chi connectivity index (χ1n) is 6.16. The van der Waals surface area contributed by atoms with Gasteiger partial charge in [0.25, 0.3) is 0 Å². The standard InChI is InChI=1S/C15H15BrO3/c16-13-9-8-12(10-4-1-2-5-11(10)13)14(17)6-3-7-15(18)19/h1-2,4-5,8-9,14,17H,3,6-7H2,(H,18,19)/t14-/m0/s1. The second-order valence-electron chi connectivity index (χ2n) is 4.48. The molecule has 19 heavy (non-hydrogen) atoms. The Labute approximate surface area is 120 Å². The summed E-state index contributed by atoms with van der Waals surface area (Å²) in [5, 5.41) is 20.9. The number of benzene rings is 2. The molecule has 0 aromatic heterocycles. The van der Waals surface area contributed by atoms with Crippen molar-refractivity contribution in [2.75, 3.05) is 0 Å². The lowest BCUT2D eigenvalue weighted by molar-refractivity contribution is -0.137. The van der Waals surface area contributed by atoms with E-state index in [9.17, 15) is 9.90 Å². The van der Waals surface area contributed by atoms with Crippen LogP contribution in [0.4, 0.5) is 0 Å². The first-order chi connectivity index (χ1) is 9.09. The van der Waals surface area contributed by atoms with Crippen LogP contribution in [0, 0.1) is 0 Å². The lowest BCUT2D eigenvalue weighted by Crippen LogP contribution is -2.01. The predicted molar refractivity (Wildman–Crippen MR) is 78.1 cm³/mol. The van der Waals surface area contributed by atoms with Crippen molar-refractivity contribution in [3.63, 3.8) is 0 Å². The van der Waals surface area contributed by atoms with Gasteiger partial charge in [0.1, 0.15) is 0 Å². The van der Waals surface area contributed by atoms with Crippen LogP contribution in [-0.4, -0.2) is 16.2 Å². The topological polar surface area (TPSA) is 57.5 Å². The average Bonchev–Trinajstić information content (AvgIpc) is 2.39. The van der Waals surface area contributed by atoms with E-state index in [0.717, 1.165) is 20.8 Å². The van der Waals surface area contributed by atoms with E-state index in [-0.39, 0.29) is 6.42 Å². The minimum atomic E-state index is -0.826. The summed E-state index contributed by atoms with van der Waals surface area (Å²) in [6.45, 7) is 0. The van der Waals surface area contributed by atoms with Crippen molar-refractivity contribution >= 4 is 32.7 Å². The molecule has 0 aliphatic rings. The van der Waals surface area contributed by atoms with Crippen LogP contribution >= 0.6 is 15.9 Å². The number of halogens is 1. The van der Waals surface area contributed by atoms with Gasteiger partial charge >= 0.3 is 5.97 Å². The van der Waals surface area contributed by atoms with Gasteiger partial charge < -0.3 is 10.2 Å². The van der Waals surface area contributed by atoms with Gasteiger partial charge in [-0.25, -0.2) is 0 Å². The molecule has 0 radical (unpaired) electrons. The monoisotopic (exact) mass is 322 g/mol. The van der Waals surface area contributed by atoms with E-state index in [4.69, 9.17) is 5.11 Å². The summed E-state index contributed by atoms with van der Waals surface area (Å²) in [6.07, 6.45) is 0.391. The number of carboxylic acids is 1. The number of carboxylic acid groups (broad SMARTS) is 1. The zero-order valence-electron chi connectivity index (χ0n) is 10.3. The summed E-state index contributed by atoms with van der Waals surface area (Å²) in [6, 6.07) is 11.6. The van der Waals surface area contributed by atoms with Crippen LogP contribution in [0.2, 0.25) is 0 Å². The molecule has 2 rings (SSSR count). The molecule has 2 N–H and O–H groups in total. The molecule has 0 spiro atoms. The highest BCUT2D eigenvalue weighted by molar-refractivity contribution is 9.10. The summed E-state index contributed by atoms with van der Waals surface area (Å²) in [5.74, 6) is -0.826. The second kappa shape index (κ2) is 6.17. The first-order valence-corrected chi connectivity index (χ1v) is 6.96. The number of rotatable bonds is 5. The molecule has 2 aromatic carbocycles. The minimum Gasteiger partial charge on any atom is -0.481 e. The van der Waals surface area contributed by atoms with Gasteiger partial charge in [0.05, 0.1) is 6.10 Å². The Bertz CT molecular complexity index is 595. The number of aliphatic carboxylic acids is 1. The van der Waals surface area contributed by atoms with Crippen molar-refractivity contribution in [1.29, 1.82) is 0 Å². The molecule has 0 amide bonds. The van der Waals surface area contributed by atoms with Crippen molar-refractivity contribution < 1.29 is 15.0 Å². The van der Waals surface area contributed by atoms with E-state index in [2.05, 4.69) is 15.9 Å². The van der Waals surface area contributed by atoms with Gasteiger partial charge in [-0.3, -0.25) is 4.79 Å². The zero-order valence-corrected chi connectivity index (χ0v) is 11.9. The molecular formula is C15H15BrO3. The Morgan fingerprint density at radius 2 is 1.84 bits per heavy atom. The average molecular weight is 323 g/mol. The maximum absolute atomic E-state index is 10.5. The van der Waals surface area contributed by atoms with Crippen molar-refractivity contribution in [3.05, 3.63) is 46.4 Å². The Morgan fingerprint density at radius 1 is 1.16 bits per heavy atom. The fraction of sp³-hybridized carbons (Fsp3) is 0.267. The molecule has 0 saturated carbocycles. The quantitative estimate of drug-likeness (QED) is 0.878. The van der Waals surface area contributed by atoms with E-state index in [1.807, 2.05) is 36.4 Å². The fourth-order valence-electron chi connectivity index (χ4n) is 2.18. The number of fused-ring (bicyclic) bond motifs is 1. The lowest BCUT2D eigenvalue weighted by Gasteiger charge is -2.14. The Balaban J connectivity index is 2.24. The van der Waals surface area contributed by atoms with Gasteiger partial charge in [0, 0.05) is 10.9 Å². The van der Waals surface area contributed by atoms with Crippen molar-refractivity contribution in [1.82, 2.24) is 0 Å². The van der Waals surface area contributed by atoms with Crippen LogP contribution < -0.4 is 0 Å². The Kier molecular flexibility index (Phi) is 4.56. The summed E-state index contributed by atoms with van der Waals surface area (Å²) in [5.41, 5.74) is 0.851. The number of hydrogen-bond acceptors (Lipinski definition) is 2. The third-order valence-electron chi connectivity index (χ3n) is 3.13. The third-order valence-corrected chi connectivity index (χ3v) is 3.82. The molecule has 0 heterocycles. The molecule has 1 atom stereocenters. The SMILES string of the molecule is O=C(O)CCC[C@H](O)c1ccc(Br)c2ccccc12. The molecule has 2 aromatic rings. The third kappa shape index (κ3) is 3.33. The Hall–Kier alpha value is -1.39. The van der Waals surface area contributed by atoms with E-state index >= 15 is 0 Å². The fourth-order valence-corrected chi connectivity index (χ4v) is 2.66. The highest BCUT2D eigenvalue weighted by atomic mass is 79.9. The summed E-state index contributed by atoms with van der Waals surface area (Å²) in [4.78, 5) is 10.5. The van der Waals surface area contributed by atoms with E-state index in [1.54, 1.807) is 0 Å². The second-order valence-corrected chi connectivity index (χ2v) is 5.34. The highest BCUT2D eigenvalue weighted by Gasteiger charge is 2.12. The molecule has 0 fully saturated rings. The van der Waals surface area contributed by atoms with E-state index in [0.29, 0.717) is 12.8 Å². The number of hydrogen-bond donors (Lipinski definition) is 2. The van der Waals surface area contributed by atoms with Gasteiger partial charge in [-0.1, -0.05) is 46.3 Å².